The Kier molecular flexibility index (Phi) is 3.85. The second-order valence-corrected chi connectivity index (χ2v) is 4.49. The molecule has 0 spiro atoms. The topological polar surface area (TPSA) is 46.2 Å². The van der Waals surface area contributed by atoms with Gasteiger partial charge in [0.1, 0.15) is 5.75 Å². The van der Waals surface area contributed by atoms with E-state index >= 15 is 0 Å². The van der Waals surface area contributed by atoms with Gasteiger partial charge in [-0.1, -0.05) is 15.9 Å². The van der Waals surface area contributed by atoms with Crippen molar-refractivity contribution in [2.24, 2.45) is 5.73 Å². The molecular weight excluding hydrogens is 287 g/mol. The van der Waals surface area contributed by atoms with Crippen molar-refractivity contribution in [3.8, 4) is 5.75 Å². The summed E-state index contributed by atoms with van der Waals surface area (Å²) in [5.41, 5.74) is 5.04. The summed E-state index contributed by atoms with van der Waals surface area (Å²) in [6.45, 7) is 1.71. The van der Waals surface area contributed by atoms with E-state index in [0.717, 1.165) is 6.07 Å². The van der Waals surface area contributed by atoms with Crippen molar-refractivity contribution in [1.29, 1.82) is 0 Å². The van der Waals surface area contributed by atoms with E-state index in [9.17, 15) is 18.3 Å². The fourth-order valence-corrected chi connectivity index (χ4v) is 1.92. The van der Waals surface area contributed by atoms with Gasteiger partial charge in [0, 0.05) is 16.1 Å². The third kappa shape index (κ3) is 3.12. The van der Waals surface area contributed by atoms with E-state index < -0.39 is 11.7 Å². The predicted molar refractivity (Wildman–Crippen MR) is 58.2 cm³/mol. The lowest BCUT2D eigenvalue weighted by molar-refractivity contribution is -0.137. The van der Waals surface area contributed by atoms with Crippen LogP contribution >= 0.6 is 15.9 Å². The smallest absolute Gasteiger partial charge is 0.416 e. The summed E-state index contributed by atoms with van der Waals surface area (Å²) in [7, 11) is 0. The van der Waals surface area contributed by atoms with Gasteiger partial charge in [-0.25, -0.2) is 0 Å². The fourth-order valence-electron chi connectivity index (χ4n) is 1.31. The SMILES string of the molecule is CC(N)Cc1c(O)cc(C(F)(F)F)cc1Br. The molecule has 1 atom stereocenters. The average molecular weight is 298 g/mol. The molecular formula is C10H11BrF3NO. The molecule has 0 fully saturated rings. The molecule has 2 nitrogen and oxygen atoms in total. The number of nitrogens with two attached hydrogens (primary N) is 1. The summed E-state index contributed by atoms with van der Waals surface area (Å²) < 4.78 is 37.4. The van der Waals surface area contributed by atoms with Crippen molar-refractivity contribution in [1.82, 2.24) is 0 Å². The van der Waals surface area contributed by atoms with Crippen LogP contribution in [0.3, 0.4) is 0 Å². The van der Waals surface area contributed by atoms with Crippen LogP contribution in [0.4, 0.5) is 13.2 Å². The average Bonchev–Trinajstić information content (AvgIpc) is 2.09. The predicted octanol–water partition coefficient (Wildman–Crippen LogP) is 3.06. The third-order valence-corrected chi connectivity index (χ3v) is 2.73. The van der Waals surface area contributed by atoms with Gasteiger partial charge in [-0.3, -0.25) is 0 Å². The highest BCUT2D eigenvalue weighted by Crippen LogP contribution is 2.36. The largest absolute Gasteiger partial charge is 0.508 e. The number of hydrogen-bond donors (Lipinski definition) is 2. The summed E-state index contributed by atoms with van der Waals surface area (Å²) in [6, 6.07) is 1.42. The Balaban J connectivity index is 3.18. The van der Waals surface area contributed by atoms with Gasteiger partial charge >= 0.3 is 6.18 Å². The van der Waals surface area contributed by atoms with Crippen LogP contribution in [0.5, 0.6) is 5.75 Å². The Hall–Kier alpha value is -0.750. The number of alkyl halides is 3. The molecule has 0 bridgehead atoms. The number of phenols is 1. The Morgan fingerprint density at radius 2 is 2.00 bits per heavy atom. The summed E-state index contributed by atoms with van der Waals surface area (Å²) in [4.78, 5) is 0. The molecule has 0 amide bonds. The molecule has 0 aliphatic carbocycles. The first-order valence-corrected chi connectivity index (χ1v) is 5.35. The van der Waals surface area contributed by atoms with E-state index in [-0.39, 0.29) is 16.3 Å². The molecule has 1 rings (SSSR count). The van der Waals surface area contributed by atoms with Gasteiger partial charge in [0.2, 0.25) is 0 Å². The maximum absolute atomic E-state index is 12.4. The van der Waals surface area contributed by atoms with Crippen molar-refractivity contribution in [2.75, 3.05) is 0 Å². The molecule has 0 aliphatic heterocycles. The standard InChI is InChI=1S/C10H11BrF3NO/c1-5(15)2-7-8(11)3-6(4-9(7)16)10(12,13)14/h3-5,16H,2,15H2,1H3. The van der Waals surface area contributed by atoms with Gasteiger partial charge in [0.15, 0.2) is 0 Å². The maximum atomic E-state index is 12.4. The summed E-state index contributed by atoms with van der Waals surface area (Å²) in [6.07, 6.45) is -4.16. The second kappa shape index (κ2) is 4.63. The highest BCUT2D eigenvalue weighted by Gasteiger charge is 2.32. The Morgan fingerprint density at radius 1 is 1.44 bits per heavy atom. The number of benzene rings is 1. The molecule has 3 N–H and O–H groups in total. The molecule has 1 aromatic rings. The number of halogens is 4. The lowest BCUT2D eigenvalue weighted by Crippen LogP contribution is -2.18. The first kappa shape index (κ1) is 13.3. The Morgan fingerprint density at radius 3 is 2.38 bits per heavy atom. The van der Waals surface area contributed by atoms with E-state index in [1.807, 2.05) is 0 Å². The number of phenolic OH excluding ortho intramolecular Hbond substituents is 1. The van der Waals surface area contributed by atoms with E-state index in [1.54, 1.807) is 6.92 Å². The zero-order valence-corrected chi connectivity index (χ0v) is 10.1. The zero-order chi connectivity index (χ0) is 12.5. The summed E-state index contributed by atoms with van der Waals surface area (Å²) >= 11 is 3.00. The molecule has 90 valence electrons. The quantitative estimate of drug-likeness (QED) is 0.881. The molecule has 0 radical (unpaired) electrons. The maximum Gasteiger partial charge on any atom is 0.416 e. The van der Waals surface area contributed by atoms with Crippen LogP contribution in [0.25, 0.3) is 0 Å². The third-order valence-electron chi connectivity index (χ3n) is 2.03. The van der Waals surface area contributed by atoms with E-state index in [4.69, 9.17) is 5.73 Å². The molecule has 1 aromatic carbocycles. The van der Waals surface area contributed by atoms with Crippen LogP contribution < -0.4 is 5.73 Å². The van der Waals surface area contributed by atoms with Gasteiger partial charge in [-0.15, -0.1) is 0 Å². The molecule has 0 aromatic heterocycles. The molecule has 0 aliphatic rings. The monoisotopic (exact) mass is 297 g/mol. The molecule has 0 saturated carbocycles. The molecule has 6 heteroatoms. The molecule has 0 heterocycles. The van der Waals surface area contributed by atoms with Gasteiger partial charge < -0.3 is 10.8 Å². The van der Waals surface area contributed by atoms with Crippen LogP contribution in [0.1, 0.15) is 18.1 Å². The highest BCUT2D eigenvalue weighted by molar-refractivity contribution is 9.10. The Bertz CT molecular complexity index is 367. The zero-order valence-electron chi connectivity index (χ0n) is 8.48. The van der Waals surface area contributed by atoms with Crippen LogP contribution in [0, 0.1) is 0 Å². The minimum Gasteiger partial charge on any atom is -0.508 e. The number of rotatable bonds is 2. The van der Waals surface area contributed by atoms with Crippen LogP contribution in [0.15, 0.2) is 16.6 Å². The van der Waals surface area contributed by atoms with Crippen molar-refractivity contribution in [2.45, 2.75) is 25.6 Å². The summed E-state index contributed by atoms with van der Waals surface area (Å²) in [5, 5.41) is 9.50. The number of aromatic hydroxyl groups is 1. The van der Waals surface area contributed by atoms with E-state index in [0.29, 0.717) is 18.1 Å². The molecule has 16 heavy (non-hydrogen) atoms. The first-order valence-electron chi connectivity index (χ1n) is 4.56. The lowest BCUT2D eigenvalue weighted by Gasteiger charge is -2.13. The van der Waals surface area contributed by atoms with Crippen LogP contribution in [0.2, 0.25) is 0 Å². The minimum atomic E-state index is -4.47. The lowest BCUT2D eigenvalue weighted by atomic mass is 10.0. The van der Waals surface area contributed by atoms with Gasteiger partial charge in [-0.05, 0) is 25.5 Å². The van der Waals surface area contributed by atoms with Gasteiger partial charge in [-0.2, -0.15) is 13.2 Å². The summed E-state index contributed by atoms with van der Waals surface area (Å²) in [5.74, 6) is -0.390. The first-order chi connectivity index (χ1) is 7.21. The van der Waals surface area contributed by atoms with Crippen molar-refractivity contribution < 1.29 is 18.3 Å². The van der Waals surface area contributed by atoms with Crippen molar-refractivity contribution in [3.05, 3.63) is 27.7 Å². The Labute approximate surface area is 99.4 Å². The second-order valence-electron chi connectivity index (χ2n) is 3.63. The molecule has 1 unspecified atom stereocenters. The van der Waals surface area contributed by atoms with Gasteiger partial charge in [0.05, 0.1) is 5.56 Å². The normalized spacial score (nSPS) is 13.9. The highest BCUT2D eigenvalue weighted by atomic mass is 79.9. The van der Waals surface area contributed by atoms with Crippen molar-refractivity contribution in [3.63, 3.8) is 0 Å². The van der Waals surface area contributed by atoms with E-state index in [1.165, 1.54) is 0 Å². The minimum absolute atomic E-state index is 0.220. The number of hydrogen-bond acceptors (Lipinski definition) is 2. The van der Waals surface area contributed by atoms with Crippen molar-refractivity contribution >= 4 is 15.9 Å². The van der Waals surface area contributed by atoms with E-state index in [2.05, 4.69) is 15.9 Å². The van der Waals surface area contributed by atoms with Gasteiger partial charge in [0.25, 0.3) is 0 Å². The fraction of sp³-hybridized carbons (Fsp3) is 0.400. The van der Waals surface area contributed by atoms with Crippen LogP contribution in [-0.2, 0) is 12.6 Å². The van der Waals surface area contributed by atoms with Crippen LogP contribution in [-0.4, -0.2) is 11.1 Å². The molecule has 0 saturated heterocycles.